The van der Waals surface area contributed by atoms with Gasteiger partial charge in [0.2, 0.25) is 0 Å². The second-order valence-corrected chi connectivity index (χ2v) is 5.52. The topological polar surface area (TPSA) is 9.23 Å². The molecule has 0 spiro atoms. The number of benzene rings is 2. The van der Waals surface area contributed by atoms with Crippen LogP contribution in [0.2, 0.25) is 0 Å². The fraction of sp³-hybridized carbons (Fsp3) is 0.333. The van der Waals surface area contributed by atoms with Crippen LogP contribution in [0.5, 0.6) is 5.75 Å². The van der Waals surface area contributed by atoms with Gasteiger partial charge in [0.1, 0.15) is 5.75 Å². The Morgan fingerprint density at radius 3 is 2.50 bits per heavy atom. The molecule has 0 aliphatic rings. The highest BCUT2D eigenvalue weighted by molar-refractivity contribution is 6.18. The van der Waals surface area contributed by atoms with Crippen LogP contribution in [-0.2, 0) is 0 Å². The van der Waals surface area contributed by atoms with Crippen LogP contribution in [0.25, 0.3) is 10.8 Å². The van der Waals surface area contributed by atoms with E-state index >= 15 is 0 Å². The third-order valence-electron chi connectivity index (χ3n) is 3.63. The summed E-state index contributed by atoms with van der Waals surface area (Å²) in [6.45, 7) is 10.0. The number of hydrogen-bond acceptors (Lipinski definition) is 1. The summed E-state index contributed by atoms with van der Waals surface area (Å²) in [5.41, 5.74) is 2.57. The average molecular weight is 289 g/mol. The van der Waals surface area contributed by atoms with Gasteiger partial charge in [0.25, 0.3) is 0 Å². The predicted molar refractivity (Wildman–Crippen MR) is 87.9 cm³/mol. The number of aryl methyl sites for hydroxylation is 1. The molecule has 1 atom stereocenters. The molecule has 0 saturated carbocycles. The van der Waals surface area contributed by atoms with Crippen molar-refractivity contribution in [3.05, 3.63) is 53.8 Å². The van der Waals surface area contributed by atoms with Crippen LogP contribution in [0.4, 0.5) is 0 Å². The van der Waals surface area contributed by atoms with Crippen LogP contribution in [0.3, 0.4) is 0 Å². The van der Waals surface area contributed by atoms with E-state index in [-0.39, 0.29) is 0 Å². The van der Waals surface area contributed by atoms with Crippen LogP contribution in [0.15, 0.2) is 42.7 Å². The van der Waals surface area contributed by atoms with E-state index in [1.54, 1.807) is 0 Å². The first-order valence-electron chi connectivity index (χ1n) is 7.00. The molecule has 2 aromatic carbocycles. The number of ether oxygens (including phenoxy) is 1. The summed E-state index contributed by atoms with van der Waals surface area (Å²) >= 11 is 6.15. The van der Waals surface area contributed by atoms with Crippen molar-refractivity contribution < 1.29 is 4.74 Å². The summed E-state index contributed by atoms with van der Waals surface area (Å²) in [5.74, 6) is 2.59. The van der Waals surface area contributed by atoms with Crippen molar-refractivity contribution in [1.82, 2.24) is 0 Å². The quantitative estimate of drug-likeness (QED) is 0.499. The number of hydrogen-bond donors (Lipinski definition) is 0. The Hall–Kier alpha value is -1.47. The van der Waals surface area contributed by atoms with Crippen molar-refractivity contribution in [2.45, 2.75) is 33.1 Å². The molecular weight excluding hydrogens is 268 g/mol. The van der Waals surface area contributed by atoms with Crippen LogP contribution in [-0.4, -0.2) is 5.88 Å². The van der Waals surface area contributed by atoms with Gasteiger partial charge in [0.05, 0.1) is 5.76 Å². The molecule has 0 aliphatic heterocycles. The van der Waals surface area contributed by atoms with Gasteiger partial charge in [-0.25, -0.2) is 0 Å². The average Bonchev–Trinajstić information content (AvgIpc) is 2.42. The van der Waals surface area contributed by atoms with E-state index in [1.165, 1.54) is 16.5 Å². The molecule has 0 aromatic heterocycles. The molecule has 0 saturated heterocycles. The maximum absolute atomic E-state index is 6.15. The second kappa shape index (κ2) is 6.32. The SMILES string of the molecule is C=C(C)Oc1cc(C)c(C(CC)CCl)c2ccccc12. The lowest BCUT2D eigenvalue weighted by Crippen LogP contribution is -2.04. The van der Waals surface area contributed by atoms with Gasteiger partial charge in [0, 0.05) is 11.3 Å². The fourth-order valence-corrected chi connectivity index (χ4v) is 3.07. The first-order chi connectivity index (χ1) is 9.58. The molecule has 0 heterocycles. The molecule has 106 valence electrons. The zero-order chi connectivity index (χ0) is 14.7. The van der Waals surface area contributed by atoms with E-state index in [2.05, 4.69) is 44.7 Å². The van der Waals surface area contributed by atoms with Crippen molar-refractivity contribution >= 4 is 22.4 Å². The molecular formula is C18H21ClO. The normalized spacial score (nSPS) is 12.4. The molecule has 1 unspecified atom stereocenters. The third-order valence-corrected chi connectivity index (χ3v) is 4.00. The van der Waals surface area contributed by atoms with Gasteiger partial charge in [-0.15, -0.1) is 11.6 Å². The Balaban J connectivity index is 2.72. The lowest BCUT2D eigenvalue weighted by atomic mass is 9.88. The Bertz CT molecular complexity index is 627. The minimum atomic E-state index is 0.375. The minimum absolute atomic E-state index is 0.375. The number of halogens is 1. The first kappa shape index (κ1) is 14.9. The summed E-state index contributed by atoms with van der Waals surface area (Å²) in [5, 5.41) is 2.36. The Morgan fingerprint density at radius 1 is 1.30 bits per heavy atom. The molecule has 0 fully saturated rings. The third kappa shape index (κ3) is 2.83. The maximum Gasteiger partial charge on any atom is 0.134 e. The molecule has 0 radical (unpaired) electrons. The second-order valence-electron chi connectivity index (χ2n) is 5.21. The van der Waals surface area contributed by atoms with E-state index in [4.69, 9.17) is 16.3 Å². The number of alkyl halides is 1. The van der Waals surface area contributed by atoms with Gasteiger partial charge in [-0.2, -0.15) is 0 Å². The highest BCUT2D eigenvalue weighted by Crippen LogP contribution is 2.37. The number of allylic oxidation sites excluding steroid dienone is 1. The summed E-state index contributed by atoms with van der Waals surface area (Å²) < 4.78 is 5.78. The molecule has 1 nitrogen and oxygen atoms in total. The Kier molecular flexibility index (Phi) is 4.72. The summed E-state index contributed by atoms with van der Waals surface area (Å²) in [4.78, 5) is 0. The molecule has 0 aliphatic carbocycles. The van der Waals surface area contributed by atoms with Gasteiger partial charge in [-0.3, -0.25) is 0 Å². The van der Waals surface area contributed by atoms with Gasteiger partial charge in [0.15, 0.2) is 0 Å². The van der Waals surface area contributed by atoms with E-state index in [1.807, 2.05) is 13.0 Å². The standard InChI is InChI=1S/C18H21ClO/c1-5-14(11-19)18-13(4)10-17(20-12(2)3)15-8-6-7-9-16(15)18/h6-10,14H,2,5,11H2,1,3-4H3. The first-order valence-corrected chi connectivity index (χ1v) is 7.53. The van der Waals surface area contributed by atoms with Crippen molar-refractivity contribution in [3.8, 4) is 5.75 Å². The molecule has 20 heavy (non-hydrogen) atoms. The van der Waals surface area contributed by atoms with E-state index in [9.17, 15) is 0 Å². The highest BCUT2D eigenvalue weighted by Gasteiger charge is 2.17. The highest BCUT2D eigenvalue weighted by atomic mass is 35.5. The maximum atomic E-state index is 6.15. The van der Waals surface area contributed by atoms with Gasteiger partial charge >= 0.3 is 0 Å². The van der Waals surface area contributed by atoms with E-state index < -0.39 is 0 Å². The van der Waals surface area contributed by atoms with Crippen molar-refractivity contribution in [2.24, 2.45) is 0 Å². The lowest BCUT2D eigenvalue weighted by molar-refractivity contribution is 0.435. The predicted octanol–water partition coefficient (Wildman–Crippen LogP) is 5.79. The van der Waals surface area contributed by atoms with Crippen molar-refractivity contribution in [1.29, 1.82) is 0 Å². The molecule has 0 N–H and O–H groups in total. The lowest BCUT2D eigenvalue weighted by Gasteiger charge is -2.20. The van der Waals surface area contributed by atoms with Crippen LogP contribution in [0, 0.1) is 6.92 Å². The van der Waals surface area contributed by atoms with E-state index in [0.29, 0.717) is 17.6 Å². The molecule has 2 heteroatoms. The zero-order valence-electron chi connectivity index (χ0n) is 12.4. The summed E-state index contributed by atoms with van der Waals surface area (Å²) in [6, 6.07) is 10.4. The summed E-state index contributed by atoms with van der Waals surface area (Å²) in [6.07, 6.45) is 1.04. The van der Waals surface area contributed by atoms with Crippen LogP contribution in [0.1, 0.15) is 37.3 Å². The monoisotopic (exact) mass is 288 g/mol. The van der Waals surface area contributed by atoms with Gasteiger partial charge < -0.3 is 4.74 Å². The molecule has 0 amide bonds. The zero-order valence-corrected chi connectivity index (χ0v) is 13.1. The van der Waals surface area contributed by atoms with Gasteiger partial charge in [-0.05, 0) is 48.8 Å². The van der Waals surface area contributed by atoms with Crippen LogP contribution < -0.4 is 4.74 Å². The molecule has 2 rings (SSSR count). The molecule has 0 bridgehead atoms. The minimum Gasteiger partial charge on any atom is -0.462 e. The Labute approximate surface area is 126 Å². The number of fused-ring (bicyclic) bond motifs is 1. The number of rotatable bonds is 5. The summed E-state index contributed by atoms with van der Waals surface area (Å²) in [7, 11) is 0. The van der Waals surface area contributed by atoms with E-state index in [0.717, 1.165) is 17.6 Å². The fourth-order valence-electron chi connectivity index (χ4n) is 2.70. The Morgan fingerprint density at radius 2 is 1.95 bits per heavy atom. The van der Waals surface area contributed by atoms with Crippen molar-refractivity contribution in [3.63, 3.8) is 0 Å². The van der Waals surface area contributed by atoms with Crippen molar-refractivity contribution in [2.75, 3.05) is 5.88 Å². The smallest absolute Gasteiger partial charge is 0.134 e. The molecule has 2 aromatic rings. The van der Waals surface area contributed by atoms with Crippen LogP contribution >= 0.6 is 11.6 Å². The van der Waals surface area contributed by atoms with Gasteiger partial charge in [-0.1, -0.05) is 37.8 Å². The largest absolute Gasteiger partial charge is 0.462 e.